The van der Waals surface area contributed by atoms with Crippen LogP contribution in [0, 0.1) is 0 Å². The van der Waals surface area contributed by atoms with Crippen LogP contribution in [-0.2, 0) is 0 Å². The first-order chi connectivity index (χ1) is 31.2. The van der Waals surface area contributed by atoms with E-state index in [1.165, 1.54) is 98.4 Å². The summed E-state index contributed by atoms with van der Waals surface area (Å²) in [6, 6.07) is 91.0. The fourth-order valence-corrected chi connectivity index (χ4v) is 9.73. The van der Waals surface area contributed by atoms with Crippen LogP contribution in [0.4, 0.5) is 17.1 Å². The number of hydrogen-bond donors (Lipinski definition) is 0. The molecule has 0 saturated heterocycles. The molecule has 0 fully saturated rings. The van der Waals surface area contributed by atoms with Gasteiger partial charge in [0.2, 0.25) is 0 Å². The number of fused-ring (bicyclic) bond motifs is 8. The first kappa shape index (κ1) is 36.6. The standard InChI is InChI=1S/C62H41N/c1-2-13-46(14-3-1)55-38-32-47-15-6-7-17-54(47)62(55)48-30-35-52(36-31-48)63(53-37-39-60-58-20-9-8-18-56(58)57-19-10-11-21-59(57)61(60)41-53)51-33-28-44(29-34-51)43-22-24-45(25-23-43)50-27-26-42-12-4-5-16-49(42)40-50/h1-41H. The lowest BCUT2D eigenvalue weighted by Gasteiger charge is -2.27. The molecule has 0 aromatic heterocycles. The maximum atomic E-state index is 2.40. The van der Waals surface area contributed by atoms with Gasteiger partial charge >= 0.3 is 0 Å². The maximum Gasteiger partial charge on any atom is 0.0468 e. The predicted octanol–water partition coefficient (Wildman–Crippen LogP) is 17.6. The first-order valence-electron chi connectivity index (χ1n) is 21.7. The second kappa shape index (κ2) is 15.3. The second-order valence-corrected chi connectivity index (χ2v) is 16.5. The van der Waals surface area contributed by atoms with Gasteiger partial charge in [0.1, 0.15) is 0 Å². The van der Waals surface area contributed by atoms with Crippen molar-refractivity contribution in [3.05, 3.63) is 249 Å². The Morgan fingerprint density at radius 2 is 0.635 bits per heavy atom. The molecular weight excluding hydrogens is 759 g/mol. The van der Waals surface area contributed by atoms with E-state index < -0.39 is 0 Å². The molecule has 1 nitrogen and oxygen atoms in total. The second-order valence-electron chi connectivity index (χ2n) is 16.5. The average Bonchev–Trinajstić information content (AvgIpc) is 3.37. The lowest BCUT2D eigenvalue weighted by Crippen LogP contribution is -2.10. The zero-order valence-electron chi connectivity index (χ0n) is 34.6. The molecule has 0 aliphatic carbocycles. The third-order valence-electron chi connectivity index (χ3n) is 12.8. The van der Waals surface area contributed by atoms with Crippen LogP contribution in [0.5, 0.6) is 0 Å². The number of rotatable bonds is 7. The third kappa shape index (κ3) is 6.50. The zero-order valence-corrected chi connectivity index (χ0v) is 34.6. The van der Waals surface area contributed by atoms with Crippen LogP contribution in [0.2, 0.25) is 0 Å². The number of nitrogens with zero attached hydrogens (tertiary/aromatic N) is 1. The third-order valence-corrected chi connectivity index (χ3v) is 12.8. The molecule has 0 aliphatic heterocycles. The molecule has 0 N–H and O–H groups in total. The highest BCUT2D eigenvalue weighted by atomic mass is 15.1. The van der Waals surface area contributed by atoms with E-state index in [1.54, 1.807) is 0 Å². The van der Waals surface area contributed by atoms with Gasteiger partial charge in [-0.2, -0.15) is 0 Å². The number of benzene rings is 12. The summed E-state index contributed by atoms with van der Waals surface area (Å²) in [5.74, 6) is 0. The van der Waals surface area contributed by atoms with Crippen LogP contribution >= 0.6 is 0 Å². The van der Waals surface area contributed by atoms with Crippen LogP contribution in [0.3, 0.4) is 0 Å². The van der Waals surface area contributed by atoms with E-state index in [9.17, 15) is 0 Å². The summed E-state index contributed by atoms with van der Waals surface area (Å²) in [6.07, 6.45) is 0. The van der Waals surface area contributed by atoms with E-state index in [2.05, 4.69) is 254 Å². The highest BCUT2D eigenvalue weighted by Gasteiger charge is 2.18. The summed E-state index contributed by atoms with van der Waals surface area (Å²) < 4.78 is 0. The quantitative estimate of drug-likeness (QED) is 0.145. The molecule has 0 amide bonds. The van der Waals surface area contributed by atoms with Gasteiger partial charge in [-0.05, 0) is 141 Å². The molecule has 0 atom stereocenters. The summed E-state index contributed by atoms with van der Waals surface area (Å²) in [5.41, 5.74) is 13.0. The summed E-state index contributed by atoms with van der Waals surface area (Å²) in [5, 5.41) is 12.6. The van der Waals surface area contributed by atoms with Crippen molar-refractivity contribution < 1.29 is 0 Å². The maximum absolute atomic E-state index is 2.40. The molecule has 0 unspecified atom stereocenters. The Bertz CT molecular complexity index is 3610. The molecule has 0 aliphatic rings. The number of hydrogen-bond acceptors (Lipinski definition) is 1. The minimum absolute atomic E-state index is 1.09. The van der Waals surface area contributed by atoms with Crippen molar-refractivity contribution in [2.45, 2.75) is 0 Å². The molecule has 12 aromatic carbocycles. The highest BCUT2D eigenvalue weighted by molar-refractivity contribution is 6.25. The van der Waals surface area contributed by atoms with Crippen LogP contribution in [0.1, 0.15) is 0 Å². The van der Waals surface area contributed by atoms with Crippen molar-refractivity contribution in [1.29, 1.82) is 0 Å². The van der Waals surface area contributed by atoms with Gasteiger partial charge in [-0.3, -0.25) is 0 Å². The largest absolute Gasteiger partial charge is 0.310 e. The van der Waals surface area contributed by atoms with Crippen molar-refractivity contribution in [2.24, 2.45) is 0 Å². The monoisotopic (exact) mass is 799 g/mol. The number of anilines is 3. The summed E-state index contributed by atoms with van der Waals surface area (Å²) in [4.78, 5) is 2.40. The molecule has 12 rings (SSSR count). The van der Waals surface area contributed by atoms with Gasteiger partial charge in [-0.25, -0.2) is 0 Å². The predicted molar refractivity (Wildman–Crippen MR) is 270 cm³/mol. The summed E-state index contributed by atoms with van der Waals surface area (Å²) in [6.45, 7) is 0. The van der Waals surface area contributed by atoms with Crippen molar-refractivity contribution in [3.63, 3.8) is 0 Å². The molecule has 1 heteroatoms. The minimum Gasteiger partial charge on any atom is -0.310 e. The van der Waals surface area contributed by atoms with Crippen LogP contribution < -0.4 is 4.90 Å². The van der Waals surface area contributed by atoms with E-state index in [4.69, 9.17) is 0 Å². The molecule has 294 valence electrons. The normalized spacial score (nSPS) is 11.5. The van der Waals surface area contributed by atoms with Gasteiger partial charge in [0.25, 0.3) is 0 Å². The van der Waals surface area contributed by atoms with E-state index in [-0.39, 0.29) is 0 Å². The van der Waals surface area contributed by atoms with E-state index >= 15 is 0 Å². The molecular formula is C62H41N. The Kier molecular flexibility index (Phi) is 8.90. The molecule has 63 heavy (non-hydrogen) atoms. The smallest absolute Gasteiger partial charge is 0.0468 e. The van der Waals surface area contributed by atoms with Crippen LogP contribution in [0.15, 0.2) is 249 Å². The fraction of sp³-hybridized carbons (Fsp3) is 0. The summed E-state index contributed by atoms with van der Waals surface area (Å²) in [7, 11) is 0. The van der Waals surface area contributed by atoms with Crippen molar-refractivity contribution in [2.75, 3.05) is 4.90 Å². The fourth-order valence-electron chi connectivity index (χ4n) is 9.73. The van der Waals surface area contributed by atoms with Crippen LogP contribution in [-0.4, -0.2) is 0 Å². The van der Waals surface area contributed by atoms with Crippen LogP contribution in [0.25, 0.3) is 98.4 Å². The minimum atomic E-state index is 1.09. The van der Waals surface area contributed by atoms with Gasteiger partial charge in [0, 0.05) is 17.1 Å². The van der Waals surface area contributed by atoms with Gasteiger partial charge in [-0.15, -0.1) is 0 Å². The van der Waals surface area contributed by atoms with Gasteiger partial charge in [-0.1, -0.05) is 206 Å². The molecule has 0 bridgehead atoms. The Labute approximate surface area is 367 Å². The molecule has 12 aromatic rings. The topological polar surface area (TPSA) is 3.24 Å². The van der Waals surface area contributed by atoms with Gasteiger partial charge in [0.15, 0.2) is 0 Å². The average molecular weight is 800 g/mol. The Hall–Kier alpha value is -8.26. The van der Waals surface area contributed by atoms with Gasteiger partial charge < -0.3 is 4.90 Å². The van der Waals surface area contributed by atoms with Crippen molar-refractivity contribution in [3.8, 4) is 44.5 Å². The van der Waals surface area contributed by atoms with Crippen molar-refractivity contribution in [1.82, 2.24) is 0 Å². The highest BCUT2D eigenvalue weighted by Crippen LogP contribution is 2.43. The summed E-state index contributed by atoms with van der Waals surface area (Å²) >= 11 is 0. The Morgan fingerprint density at radius 1 is 0.206 bits per heavy atom. The first-order valence-corrected chi connectivity index (χ1v) is 21.7. The molecule has 0 radical (unpaired) electrons. The SMILES string of the molecule is c1ccc(-c2ccc3ccccc3c2-c2ccc(N(c3ccc(-c4ccc(-c5ccc6ccccc6c5)cc4)cc3)c3ccc4c5ccccc5c5ccccc5c4c3)cc2)cc1. The molecule has 0 spiro atoms. The van der Waals surface area contributed by atoms with E-state index in [0.717, 1.165) is 17.1 Å². The van der Waals surface area contributed by atoms with E-state index in [0.29, 0.717) is 0 Å². The van der Waals surface area contributed by atoms with E-state index in [1.807, 2.05) is 0 Å². The van der Waals surface area contributed by atoms with Crippen molar-refractivity contribution >= 4 is 70.9 Å². The Morgan fingerprint density at radius 3 is 1.27 bits per heavy atom. The van der Waals surface area contributed by atoms with Gasteiger partial charge in [0.05, 0.1) is 0 Å². The Balaban J connectivity index is 0.973. The zero-order chi connectivity index (χ0) is 41.7. The lowest BCUT2D eigenvalue weighted by atomic mass is 9.89. The lowest BCUT2D eigenvalue weighted by molar-refractivity contribution is 1.29. The molecule has 0 heterocycles. The molecule has 0 saturated carbocycles.